The molecule has 23 heteroatoms. The SMILES string of the molecule is C=CCCCOc1cc(COc2cc(COC(=O)C3=CC=CC3)cc(COc3cc(COc4ccc(-c5ccc(-c6c7nc(c(-c8c(F)cccc8F)c8ccc([nH]8)c(-c8c(F)cccc8F)c8nc(c(-c9c(F)cccc9F)c9ccc6[nH]9)C=C8)C=C7)cc5)cc4)cc(OCc4cc(COC(=O)C5=CC=CC5)cc(OCc5cc(OCCCC=C)cc(OCCCC=C)c5)c4)c3)c2)cc(OCCCC=C)c1. The highest BCUT2D eigenvalue weighted by Crippen LogP contribution is 2.44. The summed E-state index contributed by atoms with van der Waals surface area (Å²) in [7, 11) is 0. The number of ether oxygens (including phenoxy) is 11. The molecular weight excluding hydrogens is 1810 g/mol. The minimum Gasteiger partial charge on any atom is -0.493 e. The van der Waals surface area contributed by atoms with Crippen LogP contribution in [0.25, 0.3) is 102 Å². The summed E-state index contributed by atoms with van der Waals surface area (Å²) in [5.74, 6) is -1.63. The summed E-state index contributed by atoms with van der Waals surface area (Å²) in [4.78, 5) is 43.5. The van der Waals surface area contributed by atoms with Crippen LogP contribution in [-0.2, 0) is 65.3 Å². The summed E-state index contributed by atoms with van der Waals surface area (Å²) in [6.45, 7) is 17.5. The molecule has 17 rings (SSSR count). The fourth-order valence-electron chi connectivity index (χ4n) is 16.9. The number of aromatic nitrogens is 4. The first-order valence-electron chi connectivity index (χ1n) is 47.0. The van der Waals surface area contributed by atoms with E-state index in [-0.39, 0.29) is 96.6 Å². The van der Waals surface area contributed by atoms with Gasteiger partial charge in [0, 0.05) is 73.7 Å². The third kappa shape index (κ3) is 24.6. The maximum absolute atomic E-state index is 16.5. The van der Waals surface area contributed by atoms with Crippen molar-refractivity contribution >= 4 is 58.3 Å². The normalized spacial score (nSPS) is 12.2. The molecule has 0 radical (unpaired) electrons. The second-order valence-electron chi connectivity index (χ2n) is 34.2. The molecule has 8 bridgehead atoms. The number of hydrogen-bond donors (Lipinski definition) is 2. The Labute approximate surface area is 819 Å². The zero-order chi connectivity index (χ0) is 98.2. The third-order valence-corrected chi connectivity index (χ3v) is 23.7. The van der Waals surface area contributed by atoms with Crippen molar-refractivity contribution in [1.29, 1.82) is 0 Å². The van der Waals surface area contributed by atoms with Gasteiger partial charge in [-0.3, -0.25) is 0 Å². The fourth-order valence-corrected chi connectivity index (χ4v) is 16.9. The van der Waals surface area contributed by atoms with Crippen LogP contribution < -0.4 is 42.6 Å². The molecule has 17 nitrogen and oxygen atoms in total. The predicted octanol–water partition coefficient (Wildman–Crippen LogP) is 29.0. The molecule has 0 amide bonds. The maximum atomic E-state index is 16.5. The van der Waals surface area contributed by atoms with Crippen LogP contribution in [0.3, 0.4) is 0 Å². The molecule has 0 saturated heterocycles. The summed E-state index contributed by atoms with van der Waals surface area (Å²) >= 11 is 0. The van der Waals surface area contributed by atoms with E-state index in [1.807, 2.05) is 182 Å². The third-order valence-electron chi connectivity index (χ3n) is 23.7. The Hall–Kier alpha value is -16.6. The van der Waals surface area contributed by atoms with Crippen molar-refractivity contribution in [2.24, 2.45) is 0 Å². The maximum Gasteiger partial charge on any atom is 0.334 e. The highest BCUT2D eigenvalue weighted by atomic mass is 19.2. The van der Waals surface area contributed by atoms with Gasteiger partial charge < -0.3 is 62.1 Å². The van der Waals surface area contributed by atoms with Crippen molar-refractivity contribution in [2.75, 3.05) is 26.4 Å². The van der Waals surface area contributed by atoms with Gasteiger partial charge in [0.05, 0.1) is 65.9 Å². The lowest BCUT2D eigenvalue weighted by molar-refractivity contribution is -0.141. The minimum absolute atomic E-state index is 0.00204. The molecule has 142 heavy (non-hydrogen) atoms. The number of benzene rings is 10. The minimum atomic E-state index is -0.954. The number of aromatic amines is 2. The van der Waals surface area contributed by atoms with Gasteiger partial charge in [-0.25, -0.2) is 45.9 Å². The summed E-state index contributed by atoms with van der Waals surface area (Å²) in [6, 6.07) is 60.0. The quantitative estimate of drug-likeness (QED) is 0.0158. The van der Waals surface area contributed by atoms with Crippen molar-refractivity contribution in [3.05, 3.63) is 413 Å². The number of unbranched alkanes of at least 4 members (excludes halogenated alkanes) is 4. The lowest BCUT2D eigenvalue weighted by atomic mass is 9.99. The first-order chi connectivity index (χ1) is 69.4. The van der Waals surface area contributed by atoms with E-state index in [0.29, 0.717) is 152 Å². The molecular formula is C119H102F6N4O13. The van der Waals surface area contributed by atoms with Gasteiger partial charge in [-0.1, -0.05) is 115 Å². The van der Waals surface area contributed by atoms with Crippen molar-refractivity contribution < 1.29 is 88.0 Å². The van der Waals surface area contributed by atoms with Crippen molar-refractivity contribution in [1.82, 2.24) is 19.9 Å². The Balaban J connectivity index is 0.692. The fraction of sp³-hybridized carbons (Fsp3) is 0.176. The van der Waals surface area contributed by atoms with Gasteiger partial charge in [-0.15, -0.1) is 26.3 Å². The molecule has 0 fully saturated rings. The number of carbonyl (C=O) groups is 2. The first kappa shape index (κ1) is 97.1. The number of nitrogens with zero attached hydrogens (tertiary/aromatic N) is 2. The van der Waals surface area contributed by atoms with Crippen LogP contribution >= 0.6 is 0 Å². The molecule has 718 valence electrons. The van der Waals surface area contributed by atoms with Gasteiger partial charge in [-0.05, 0) is 290 Å². The lowest BCUT2D eigenvalue weighted by Gasteiger charge is -2.16. The lowest BCUT2D eigenvalue weighted by Crippen LogP contribution is -2.08. The Morgan fingerprint density at radius 1 is 0.289 bits per heavy atom. The van der Waals surface area contributed by atoms with E-state index in [9.17, 15) is 9.59 Å². The van der Waals surface area contributed by atoms with E-state index in [1.54, 1.807) is 42.5 Å². The summed E-state index contributed by atoms with van der Waals surface area (Å²) in [5, 5.41) is 0. The zero-order valence-electron chi connectivity index (χ0n) is 78.0. The van der Waals surface area contributed by atoms with Gasteiger partial charge in [0.2, 0.25) is 0 Å². The second-order valence-corrected chi connectivity index (χ2v) is 34.2. The average molecular weight is 1910 g/mol. The van der Waals surface area contributed by atoms with Gasteiger partial charge in [0.15, 0.2) is 0 Å². The van der Waals surface area contributed by atoms with Gasteiger partial charge in [0.1, 0.15) is 133 Å². The highest BCUT2D eigenvalue weighted by Gasteiger charge is 2.28. The van der Waals surface area contributed by atoms with E-state index < -0.39 is 63.5 Å². The van der Waals surface area contributed by atoms with Crippen LogP contribution in [0, 0.1) is 34.9 Å². The zero-order valence-corrected chi connectivity index (χ0v) is 78.0. The summed E-state index contributed by atoms with van der Waals surface area (Å²) in [5.41, 5.74) is 8.47. The van der Waals surface area contributed by atoms with E-state index in [0.717, 1.165) is 110 Å². The van der Waals surface area contributed by atoms with Crippen molar-refractivity contribution in [3.63, 3.8) is 0 Å². The Bertz CT molecular complexity index is 6910. The topological polar surface area (TPSA) is 193 Å². The molecule has 0 atom stereocenters. The van der Waals surface area contributed by atoms with Crippen LogP contribution in [0.5, 0.6) is 51.7 Å². The van der Waals surface area contributed by atoms with Crippen molar-refractivity contribution in [2.45, 2.75) is 110 Å². The van der Waals surface area contributed by atoms with E-state index >= 15 is 26.3 Å². The predicted molar refractivity (Wildman–Crippen MR) is 543 cm³/mol. The van der Waals surface area contributed by atoms with Crippen molar-refractivity contribution in [3.8, 4) is 107 Å². The molecule has 4 aliphatic rings. The van der Waals surface area contributed by atoms with Crippen LogP contribution in [0.4, 0.5) is 26.3 Å². The number of nitrogens with one attached hydrogen (secondary N) is 2. The van der Waals surface area contributed by atoms with E-state index in [2.05, 4.69) is 36.3 Å². The van der Waals surface area contributed by atoms with Crippen LogP contribution in [0.2, 0.25) is 0 Å². The smallest absolute Gasteiger partial charge is 0.334 e. The van der Waals surface area contributed by atoms with Crippen LogP contribution in [-0.4, -0.2) is 58.3 Å². The number of halogens is 6. The Kier molecular flexibility index (Phi) is 32.0. The molecule has 0 unspecified atom stereocenters. The molecule has 10 aromatic carbocycles. The Morgan fingerprint density at radius 2 is 0.549 bits per heavy atom. The second kappa shape index (κ2) is 46.7. The molecule has 2 N–H and O–H groups in total. The summed E-state index contributed by atoms with van der Waals surface area (Å²) < 4.78 is 169. The van der Waals surface area contributed by atoms with E-state index in [1.165, 1.54) is 42.5 Å². The largest absolute Gasteiger partial charge is 0.493 e. The van der Waals surface area contributed by atoms with Gasteiger partial charge in [0.25, 0.3) is 0 Å². The highest BCUT2D eigenvalue weighted by molar-refractivity contribution is 6.01. The number of H-pyrrole nitrogens is 2. The monoisotopic (exact) mass is 1910 g/mol. The van der Waals surface area contributed by atoms with Crippen LogP contribution in [0.1, 0.15) is 126 Å². The first-order valence-corrected chi connectivity index (χ1v) is 47.0. The number of esters is 2. The summed E-state index contributed by atoms with van der Waals surface area (Å²) in [6.07, 6.45) is 31.9. The van der Waals surface area contributed by atoms with Crippen LogP contribution in [0.15, 0.2) is 317 Å². The molecule has 2 aliphatic heterocycles. The molecule has 5 heterocycles. The molecule has 2 aliphatic carbocycles. The molecule has 13 aromatic rings. The van der Waals surface area contributed by atoms with E-state index in [4.69, 9.17) is 62.1 Å². The number of fused-ring (bicyclic) bond motifs is 8. The Morgan fingerprint density at radius 3 is 0.852 bits per heavy atom. The standard InChI is InChI=1S/C119H102F6N4O13/c1-5-9-17-50-132-91-60-80(61-92(66-91)133-51-18-10-6-2)72-137-89-56-76(54-78(58-89)74-141-118(130)86-24-13-14-25-86)69-139-95-64-82(65-96(68-95)140-70-77-55-79(75-142-119(131)87-26-15-16-27-87)59-90(57-77)138-73-81-62-93(134-52-19-11-7-3)67-94(63-81)135-53-20-12-8-4)71-136-88-40-38-84(39-41-88)83-34-36-85(37-35-83)111-103-42-44-105(126-103)115(112-97(120)28-21-29-98(112)121)107-46-48-109(128-107)117(114-101(124)32-23-33-102(114)125)110-49-47-108(129-110)116(106-45-43-104(111)127-106)113-99(122)30-22-31-100(113)123/h5-8,13-16,21-24,26,28-49,54-68,126,129H,1-4,9-12,17-20,25,27,50-53,69-75H2. The average Bonchev–Trinajstić information content (AvgIpc) is 1.60. The number of carbonyl (C=O) groups excluding carboxylic acids is 2. The van der Waals surface area contributed by atoms with Gasteiger partial charge in [-0.2, -0.15) is 0 Å². The molecule has 3 aromatic heterocycles. The van der Waals surface area contributed by atoms with Gasteiger partial charge >= 0.3 is 11.9 Å². The number of rotatable bonds is 46. The molecule has 0 spiro atoms. The molecule has 0 saturated carbocycles. The number of hydrogen-bond acceptors (Lipinski definition) is 15. The number of allylic oxidation sites excluding steroid dienone is 10.